The van der Waals surface area contributed by atoms with Gasteiger partial charge in [0, 0.05) is 17.1 Å². The van der Waals surface area contributed by atoms with Gasteiger partial charge in [0.2, 0.25) is 0 Å². The van der Waals surface area contributed by atoms with Crippen LogP contribution in [-0.2, 0) is 0 Å². The molecule has 0 aliphatic heterocycles. The first-order chi connectivity index (χ1) is 15.8. The van der Waals surface area contributed by atoms with Crippen molar-refractivity contribution in [3.63, 3.8) is 0 Å². The van der Waals surface area contributed by atoms with Gasteiger partial charge in [-0.25, -0.2) is 14.4 Å². The van der Waals surface area contributed by atoms with Gasteiger partial charge in [-0.3, -0.25) is 4.90 Å². The highest BCUT2D eigenvalue weighted by Crippen LogP contribution is 2.30. The lowest BCUT2D eigenvalue weighted by Gasteiger charge is -2.33. The number of fused-ring (bicyclic) bond motifs is 1. The van der Waals surface area contributed by atoms with Crippen LogP contribution >= 0.6 is 11.6 Å². The maximum Gasteiger partial charge on any atom is 0.141 e. The van der Waals surface area contributed by atoms with Gasteiger partial charge in [0.25, 0.3) is 0 Å². The van der Waals surface area contributed by atoms with Gasteiger partial charge < -0.3 is 10.1 Å². The predicted molar refractivity (Wildman–Crippen MR) is 134 cm³/mol. The van der Waals surface area contributed by atoms with Crippen LogP contribution in [0.3, 0.4) is 0 Å². The zero-order chi connectivity index (χ0) is 24.0. The van der Waals surface area contributed by atoms with Crippen LogP contribution in [0.1, 0.15) is 46.6 Å². The summed E-state index contributed by atoms with van der Waals surface area (Å²) < 4.78 is 19.4. The largest absolute Gasteiger partial charge is 0.492 e. The van der Waals surface area contributed by atoms with E-state index in [9.17, 15) is 4.39 Å². The normalized spacial score (nSPS) is 11.4. The number of hydrogen-bond acceptors (Lipinski definition) is 5. The average Bonchev–Trinajstić information content (AvgIpc) is 2.79. The molecule has 2 aromatic carbocycles. The predicted octanol–water partition coefficient (Wildman–Crippen LogP) is 6.43. The molecule has 1 N–H and O–H groups in total. The molecule has 0 spiro atoms. The van der Waals surface area contributed by atoms with Gasteiger partial charge in [-0.05, 0) is 64.5 Å². The summed E-state index contributed by atoms with van der Waals surface area (Å²) in [5.41, 5.74) is 1.82. The second kappa shape index (κ2) is 10.8. The minimum Gasteiger partial charge on any atom is -0.492 e. The van der Waals surface area contributed by atoms with E-state index in [1.807, 2.05) is 19.1 Å². The first kappa shape index (κ1) is 24.8. The van der Waals surface area contributed by atoms with E-state index in [2.05, 4.69) is 59.7 Å². The van der Waals surface area contributed by atoms with Gasteiger partial charge in [0.15, 0.2) is 0 Å². The minimum atomic E-state index is -0.472. The van der Waals surface area contributed by atoms with Gasteiger partial charge in [-0.15, -0.1) is 0 Å². The van der Waals surface area contributed by atoms with Crippen molar-refractivity contribution in [3.8, 4) is 17.6 Å². The smallest absolute Gasteiger partial charge is 0.141 e. The van der Waals surface area contributed by atoms with Crippen molar-refractivity contribution < 1.29 is 9.13 Å². The Morgan fingerprint density at radius 2 is 1.94 bits per heavy atom. The molecule has 33 heavy (non-hydrogen) atoms. The second-order valence-corrected chi connectivity index (χ2v) is 8.57. The van der Waals surface area contributed by atoms with Gasteiger partial charge in [-0.2, -0.15) is 0 Å². The third kappa shape index (κ3) is 5.93. The minimum absolute atomic E-state index is 0.0401. The highest BCUT2D eigenvalue weighted by Gasteiger charge is 2.22. The molecule has 174 valence electrons. The number of nitrogens with one attached hydrogen (secondary N) is 1. The van der Waals surface area contributed by atoms with E-state index in [0.717, 1.165) is 36.0 Å². The van der Waals surface area contributed by atoms with E-state index in [1.54, 1.807) is 6.07 Å². The summed E-state index contributed by atoms with van der Waals surface area (Å²) in [5, 5.41) is 4.03. The molecule has 0 radical (unpaired) electrons. The number of hydrogen-bond donors (Lipinski definition) is 1. The molecular weight excluding hydrogens is 439 g/mol. The molecule has 7 heteroatoms. The monoisotopic (exact) mass is 468 g/mol. The van der Waals surface area contributed by atoms with E-state index in [4.69, 9.17) is 16.3 Å². The number of aromatic nitrogens is 2. The van der Waals surface area contributed by atoms with Crippen LogP contribution in [0.5, 0.6) is 5.75 Å². The van der Waals surface area contributed by atoms with Crippen molar-refractivity contribution in [2.45, 2.75) is 46.6 Å². The third-order valence-electron chi connectivity index (χ3n) is 5.39. The molecule has 3 rings (SSSR count). The van der Waals surface area contributed by atoms with E-state index < -0.39 is 5.82 Å². The number of anilines is 2. The van der Waals surface area contributed by atoms with E-state index >= 15 is 0 Å². The molecule has 0 aliphatic rings. The van der Waals surface area contributed by atoms with Crippen molar-refractivity contribution in [3.05, 3.63) is 53.1 Å². The summed E-state index contributed by atoms with van der Waals surface area (Å²) in [5.74, 6) is 7.56. The van der Waals surface area contributed by atoms with Crippen molar-refractivity contribution in [2.24, 2.45) is 0 Å². The molecule has 0 amide bonds. The Balaban J connectivity index is 2.06. The second-order valence-electron chi connectivity index (χ2n) is 8.16. The Kier molecular flexibility index (Phi) is 8.12. The lowest BCUT2D eigenvalue weighted by molar-refractivity contribution is 0.179. The third-order valence-corrected chi connectivity index (χ3v) is 5.68. The lowest BCUT2D eigenvalue weighted by Crippen LogP contribution is -2.43. The number of rotatable bonds is 8. The molecule has 1 heterocycles. The Morgan fingerprint density at radius 1 is 1.15 bits per heavy atom. The number of ether oxygens (including phenoxy) is 1. The van der Waals surface area contributed by atoms with Gasteiger partial charge in [0.1, 0.15) is 23.7 Å². The Bertz CT molecular complexity index is 1190. The summed E-state index contributed by atoms with van der Waals surface area (Å²) >= 11 is 5.94. The maximum absolute atomic E-state index is 13.6. The van der Waals surface area contributed by atoms with Crippen LogP contribution in [-0.4, -0.2) is 40.1 Å². The van der Waals surface area contributed by atoms with Crippen LogP contribution in [0.15, 0.2) is 36.7 Å². The molecule has 0 bridgehead atoms. The summed E-state index contributed by atoms with van der Waals surface area (Å²) in [6.07, 6.45) is 2.54. The van der Waals surface area contributed by atoms with Crippen molar-refractivity contribution >= 4 is 34.0 Å². The maximum atomic E-state index is 13.6. The molecule has 5 nitrogen and oxygen atoms in total. The molecule has 0 saturated carbocycles. The van der Waals surface area contributed by atoms with Crippen LogP contribution in [0.4, 0.5) is 15.9 Å². The number of halogens is 2. The fourth-order valence-electron chi connectivity index (χ4n) is 3.67. The van der Waals surface area contributed by atoms with Gasteiger partial charge >= 0.3 is 0 Å². The molecule has 0 unspecified atom stereocenters. The summed E-state index contributed by atoms with van der Waals surface area (Å²) in [6, 6.07) is 8.27. The highest BCUT2D eigenvalue weighted by atomic mass is 35.5. The summed E-state index contributed by atoms with van der Waals surface area (Å²) in [6.45, 7) is 13.0. The quantitative estimate of drug-likeness (QED) is 0.386. The Hall–Kier alpha value is -2.88. The first-order valence-electron chi connectivity index (χ1n) is 11.2. The standard InChI is InChI=1S/C26H30ClFN4O/c1-6-13-32(7-2)26(4,5)12-11-18-14-20-23(16-24(18)33-8-3)29-17-30-25(20)31-19-9-10-22(28)21(27)15-19/h9-10,14-17H,6-8,13H2,1-5H3,(H,29,30,31). The van der Waals surface area contributed by atoms with Crippen molar-refractivity contribution in [1.29, 1.82) is 0 Å². The van der Waals surface area contributed by atoms with E-state index in [0.29, 0.717) is 23.9 Å². The Labute approximate surface area is 200 Å². The van der Waals surface area contributed by atoms with Crippen LogP contribution < -0.4 is 10.1 Å². The fourth-order valence-corrected chi connectivity index (χ4v) is 3.85. The molecule has 0 saturated heterocycles. The van der Waals surface area contributed by atoms with Gasteiger partial charge in [-0.1, -0.05) is 37.3 Å². The lowest BCUT2D eigenvalue weighted by atomic mass is 10.0. The topological polar surface area (TPSA) is 50.3 Å². The van der Waals surface area contributed by atoms with Crippen molar-refractivity contribution in [1.82, 2.24) is 14.9 Å². The molecule has 0 fully saturated rings. The molecule has 3 aromatic rings. The molecule has 0 atom stereocenters. The number of nitrogens with zero attached hydrogens (tertiary/aromatic N) is 3. The fraction of sp³-hybridized carbons (Fsp3) is 0.385. The molecule has 1 aromatic heterocycles. The summed E-state index contributed by atoms with van der Waals surface area (Å²) in [7, 11) is 0. The van der Waals surface area contributed by atoms with E-state index in [-0.39, 0.29) is 10.6 Å². The summed E-state index contributed by atoms with van der Waals surface area (Å²) in [4.78, 5) is 11.1. The van der Waals surface area contributed by atoms with Crippen LogP contribution in [0.25, 0.3) is 10.9 Å². The molecule has 0 aliphatic carbocycles. The van der Waals surface area contributed by atoms with E-state index in [1.165, 1.54) is 18.5 Å². The first-order valence-corrected chi connectivity index (χ1v) is 11.6. The zero-order valence-electron chi connectivity index (χ0n) is 19.8. The Morgan fingerprint density at radius 3 is 2.61 bits per heavy atom. The molecular formula is C26H30ClFN4O. The number of benzene rings is 2. The average molecular weight is 469 g/mol. The van der Waals surface area contributed by atoms with Crippen LogP contribution in [0.2, 0.25) is 5.02 Å². The van der Waals surface area contributed by atoms with Crippen molar-refractivity contribution in [2.75, 3.05) is 25.0 Å². The van der Waals surface area contributed by atoms with Crippen LogP contribution in [0, 0.1) is 17.7 Å². The SMILES string of the molecule is CCCN(CC)C(C)(C)C#Cc1cc2c(Nc3ccc(F)c(Cl)c3)ncnc2cc1OCC. The highest BCUT2D eigenvalue weighted by molar-refractivity contribution is 6.31. The van der Waals surface area contributed by atoms with Gasteiger partial charge in [0.05, 0.1) is 28.2 Å². The zero-order valence-corrected chi connectivity index (χ0v) is 20.6.